The lowest BCUT2D eigenvalue weighted by Crippen LogP contribution is -2.21. The second-order valence-corrected chi connectivity index (χ2v) is 6.62. The summed E-state index contributed by atoms with van der Waals surface area (Å²) >= 11 is 3.36. The molecular formula is C17H18BrN3O. The van der Waals surface area contributed by atoms with E-state index in [-0.39, 0.29) is 5.91 Å². The number of nitrogens with one attached hydrogen (secondary N) is 1. The first kappa shape index (κ1) is 15.0. The summed E-state index contributed by atoms with van der Waals surface area (Å²) in [5.74, 6) is 0.776. The largest absolute Gasteiger partial charge is 0.345 e. The quantitative estimate of drug-likeness (QED) is 0.656. The molecule has 22 heavy (non-hydrogen) atoms. The molecule has 0 aliphatic heterocycles. The molecule has 0 radical (unpaired) electrons. The fourth-order valence-corrected chi connectivity index (χ4v) is 3.28. The van der Waals surface area contributed by atoms with E-state index in [1.807, 2.05) is 26.2 Å². The maximum Gasteiger partial charge on any atom is 0.287 e. The average Bonchev–Trinajstić information content (AvgIpc) is 3.24. The number of halogens is 1. The van der Waals surface area contributed by atoms with Gasteiger partial charge in [-0.05, 0) is 46.8 Å². The number of hydrogen-bond acceptors (Lipinski definition) is 2. The van der Waals surface area contributed by atoms with Crippen molar-refractivity contribution in [3.63, 3.8) is 0 Å². The van der Waals surface area contributed by atoms with Crippen molar-refractivity contribution in [2.45, 2.75) is 19.3 Å². The Bertz CT molecular complexity index is 721. The van der Waals surface area contributed by atoms with E-state index in [2.05, 4.69) is 50.7 Å². The van der Waals surface area contributed by atoms with Gasteiger partial charge in [0.25, 0.3) is 5.91 Å². The first-order valence-electron chi connectivity index (χ1n) is 7.27. The van der Waals surface area contributed by atoms with Gasteiger partial charge < -0.3 is 4.57 Å². The third-order valence-corrected chi connectivity index (χ3v) is 4.53. The molecule has 0 spiro atoms. The number of nitrogens with zero attached hydrogens (tertiary/aromatic N) is 2. The molecule has 1 saturated carbocycles. The molecule has 1 amide bonds. The zero-order chi connectivity index (χ0) is 15.7. The van der Waals surface area contributed by atoms with Crippen LogP contribution in [0.4, 0.5) is 0 Å². The van der Waals surface area contributed by atoms with Crippen molar-refractivity contribution in [1.29, 1.82) is 0 Å². The molecule has 0 saturated heterocycles. The van der Waals surface area contributed by atoms with Crippen LogP contribution in [0.2, 0.25) is 0 Å². The molecule has 1 N–H and O–H groups in total. The van der Waals surface area contributed by atoms with Gasteiger partial charge in [0.2, 0.25) is 0 Å². The van der Waals surface area contributed by atoms with Crippen molar-refractivity contribution >= 4 is 27.5 Å². The van der Waals surface area contributed by atoms with Crippen LogP contribution in [0.15, 0.2) is 52.2 Å². The van der Waals surface area contributed by atoms with E-state index < -0.39 is 0 Å². The molecule has 1 aromatic carbocycles. The van der Waals surface area contributed by atoms with Gasteiger partial charge in [0, 0.05) is 29.3 Å². The van der Waals surface area contributed by atoms with E-state index in [9.17, 15) is 4.79 Å². The van der Waals surface area contributed by atoms with Gasteiger partial charge in [0.05, 0.1) is 0 Å². The van der Waals surface area contributed by atoms with Crippen LogP contribution in [-0.2, 0) is 7.05 Å². The Balaban J connectivity index is 1.62. The predicted octanol–water partition coefficient (Wildman–Crippen LogP) is 3.70. The molecule has 1 aliphatic carbocycles. The molecular weight excluding hydrogens is 342 g/mol. The first-order valence-corrected chi connectivity index (χ1v) is 8.07. The third kappa shape index (κ3) is 3.14. The summed E-state index contributed by atoms with van der Waals surface area (Å²) in [4.78, 5) is 12.1. The van der Waals surface area contributed by atoms with Crippen molar-refractivity contribution < 1.29 is 4.79 Å². The highest BCUT2D eigenvalue weighted by Gasteiger charge is 2.40. The molecule has 2 atom stereocenters. The lowest BCUT2D eigenvalue weighted by atomic mass is 10.1. The normalized spacial score (nSPS) is 20.8. The molecule has 1 aromatic heterocycles. The summed E-state index contributed by atoms with van der Waals surface area (Å²) in [6.45, 7) is 1.98. The Labute approximate surface area is 138 Å². The van der Waals surface area contributed by atoms with Crippen molar-refractivity contribution in [2.75, 3.05) is 0 Å². The second kappa shape index (κ2) is 6.08. The number of benzene rings is 1. The first-order chi connectivity index (χ1) is 10.6. The van der Waals surface area contributed by atoms with Gasteiger partial charge in [0.1, 0.15) is 5.69 Å². The molecule has 1 fully saturated rings. The van der Waals surface area contributed by atoms with Gasteiger partial charge in [-0.25, -0.2) is 5.43 Å². The lowest BCUT2D eigenvalue weighted by molar-refractivity contribution is 0.0946. The summed E-state index contributed by atoms with van der Waals surface area (Å²) in [6.07, 6.45) is 2.95. The van der Waals surface area contributed by atoms with Crippen LogP contribution in [0.1, 0.15) is 35.3 Å². The van der Waals surface area contributed by atoms with E-state index in [0.717, 1.165) is 16.6 Å². The van der Waals surface area contributed by atoms with E-state index in [1.54, 1.807) is 10.6 Å². The van der Waals surface area contributed by atoms with Gasteiger partial charge in [-0.3, -0.25) is 4.79 Å². The highest BCUT2D eigenvalue weighted by Crippen LogP contribution is 2.48. The van der Waals surface area contributed by atoms with E-state index in [1.165, 1.54) is 5.56 Å². The Morgan fingerprint density at radius 1 is 1.36 bits per heavy atom. The summed E-state index contributed by atoms with van der Waals surface area (Å²) in [6, 6.07) is 12.2. The molecule has 5 heteroatoms. The van der Waals surface area contributed by atoms with Gasteiger partial charge in [-0.2, -0.15) is 5.10 Å². The fourth-order valence-electron chi connectivity index (χ4n) is 2.75. The highest BCUT2D eigenvalue weighted by molar-refractivity contribution is 9.10. The minimum Gasteiger partial charge on any atom is -0.345 e. The number of carbonyl (C=O) groups is 1. The molecule has 4 nitrogen and oxygen atoms in total. The van der Waals surface area contributed by atoms with E-state index in [4.69, 9.17) is 0 Å². The zero-order valence-corrected chi connectivity index (χ0v) is 14.2. The number of carbonyl (C=O) groups excluding carboxylic acids is 1. The smallest absolute Gasteiger partial charge is 0.287 e. The predicted molar refractivity (Wildman–Crippen MR) is 91.0 cm³/mol. The van der Waals surface area contributed by atoms with Crippen molar-refractivity contribution in [2.24, 2.45) is 18.1 Å². The van der Waals surface area contributed by atoms with Gasteiger partial charge in [-0.1, -0.05) is 30.3 Å². The van der Waals surface area contributed by atoms with Crippen LogP contribution in [0.3, 0.4) is 0 Å². The number of amides is 1. The minimum absolute atomic E-state index is 0.190. The standard InChI is InChI=1S/C17H18BrN3O/c1-11(14-9-15(14)12-6-4-3-5-7-12)19-20-17(22)16-8-13(18)10-21(16)2/h3-8,10,14-15H,9H2,1-2H3,(H,20,22)/b19-11+. The fraction of sp³-hybridized carbons (Fsp3) is 0.294. The number of rotatable bonds is 4. The molecule has 2 unspecified atom stereocenters. The summed E-state index contributed by atoms with van der Waals surface area (Å²) in [5.41, 5.74) is 5.56. The minimum atomic E-state index is -0.190. The number of aromatic nitrogens is 1. The molecule has 114 valence electrons. The van der Waals surface area contributed by atoms with Crippen LogP contribution in [0, 0.1) is 5.92 Å². The average molecular weight is 360 g/mol. The summed E-state index contributed by atoms with van der Waals surface area (Å²) in [5, 5.41) is 4.28. The molecule has 1 aliphatic rings. The van der Waals surface area contributed by atoms with Crippen LogP contribution in [-0.4, -0.2) is 16.2 Å². The highest BCUT2D eigenvalue weighted by atomic mass is 79.9. The molecule has 1 heterocycles. The number of hydrogen-bond donors (Lipinski definition) is 1. The van der Waals surface area contributed by atoms with Gasteiger partial charge >= 0.3 is 0 Å². The number of hydrazone groups is 1. The second-order valence-electron chi connectivity index (χ2n) is 5.71. The maximum absolute atomic E-state index is 12.1. The van der Waals surface area contributed by atoms with E-state index >= 15 is 0 Å². The van der Waals surface area contributed by atoms with E-state index in [0.29, 0.717) is 17.5 Å². The Hall–Kier alpha value is -1.88. The monoisotopic (exact) mass is 359 g/mol. The Kier molecular flexibility index (Phi) is 4.16. The Morgan fingerprint density at radius 2 is 2.09 bits per heavy atom. The van der Waals surface area contributed by atoms with Gasteiger partial charge in [-0.15, -0.1) is 0 Å². The van der Waals surface area contributed by atoms with Crippen LogP contribution < -0.4 is 5.43 Å². The van der Waals surface area contributed by atoms with Crippen molar-refractivity contribution in [1.82, 2.24) is 9.99 Å². The number of aryl methyl sites for hydroxylation is 1. The summed E-state index contributed by atoms with van der Waals surface area (Å²) in [7, 11) is 1.84. The Morgan fingerprint density at radius 3 is 2.73 bits per heavy atom. The maximum atomic E-state index is 12.1. The molecule has 2 aromatic rings. The molecule has 3 rings (SSSR count). The molecule has 0 bridgehead atoms. The topological polar surface area (TPSA) is 46.4 Å². The summed E-state index contributed by atoms with van der Waals surface area (Å²) < 4.78 is 2.65. The lowest BCUT2D eigenvalue weighted by Gasteiger charge is -2.04. The van der Waals surface area contributed by atoms with Crippen LogP contribution in [0.5, 0.6) is 0 Å². The van der Waals surface area contributed by atoms with Crippen LogP contribution >= 0.6 is 15.9 Å². The SMILES string of the molecule is C/C(=N\NC(=O)c1cc(Br)cn1C)C1CC1c1ccccc1. The van der Waals surface area contributed by atoms with Crippen molar-refractivity contribution in [3.05, 3.63) is 58.3 Å². The van der Waals surface area contributed by atoms with Crippen LogP contribution in [0.25, 0.3) is 0 Å². The van der Waals surface area contributed by atoms with Gasteiger partial charge in [0.15, 0.2) is 0 Å². The van der Waals surface area contributed by atoms with Crippen molar-refractivity contribution in [3.8, 4) is 0 Å². The zero-order valence-electron chi connectivity index (χ0n) is 12.6. The third-order valence-electron chi connectivity index (χ3n) is 4.09.